The number of benzene rings is 1. The van der Waals surface area contributed by atoms with Gasteiger partial charge in [0.25, 0.3) is 5.91 Å². The maximum atomic E-state index is 12.1. The van der Waals surface area contributed by atoms with Gasteiger partial charge >= 0.3 is 0 Å². The summed E-state index contributed by atoms with van der Waals surface area (Å²) in [6.45, 7) is 12.9. The molecule has 1 unspecified atom stereocenters. The number of carbonyl (C=O) groups is 1. The molecule has 1 rings (SSSR count). The first-order valence-corrected chi connectivity index (χ1v) is 9.38. The minimum absolute atomic E-state index is 0.0203. The molecular formula is C20H34N4O. The molecule has 5 heteroatoms. The first-order chi connectivity index (χ1) is 12.0. The van der Waals surface area contributed by atoms with Gasteiger partial charge in [0.15, 0.2) is 5.96 Å². The van der Waals surface area contributed by atoms with Gasteiger partial charge < -0.3 is 16.0 Å². The molecule has 140 valence electrons. The average molecular weight is 347 g/mol. The molecule has 0 saturated heterocycles. The SMILES string of the molecule is CCNC(=NCc1ccc(C(=O)NC(C)CC)cc1)NCCC(C)C. The Kier molecular flexibility index (Phi) is 9.66. The van der Waals surface area contributed by atoms with Crippen LogP contribution in [0.2, 0.25) is 0 Å². The second-order valence-corrected chi connectivity index (χ2v) is 6.78. The number of nitrogens with zero attached hydrogens (tertiary/aromatic N) is 1. The van der Waals surface area contributed by atoms with Crippen molar-refractivity contribution < 1.29 is 4.79 Å². The van der Waals surface area contributed by atoms with Gasteiger partial charge in [0.1, 0.15) is 0 Å². The van der Waals surface area contributed by atoms with Crippen LogP contribution >= 0.6 is 0 Å². The zero-order chi connectivity index (χ0) is 18.7. The van der Waals surface area contributed by atoms with Gasteiger partial charge in [-0.25, -0.2) is 4.99 Å². The Labute approximate surface area is 152 Å². The molecule has 0 spiro atoms. The zero-order valence-corrected chi connectivity index (χ0v) is 16.4. The van der Waals surface area contributed by atoms with Crippen molar-refractivity contribution in [3.05, 3.63) is 35.4 Å². The number of amides is 1. The Morgan fingerprint density at radius 3 is 2.32 bits per heavy atom. The van der Waals surface area contributed by atoms with E-state index in [-0.39, 0.29) is 11.9 Å². The summed E-state index contributed by atoms with van der Waals surface area (Å²) in [4.78, 5) is 16.7. The van der Waals surface area contributed by atoms with Gasteiger partial charge in [0, 0.05) is 24.7 Å². The molecule has 0 aliphatic rings. The van der Waals surface area contributed by atoms with Crippen molar-refractivity contribution in [2.45, 2.75) is 60.0 Å². The van der Waals surface area contributed by atoms with Crippen molar-refractivity contribution in [2.75, 3.05) is 13.1 Å². The van der Waals surface area contributed by atoms with E-state index in [4.69, 9.17) is 0 Å². The summed E-state index contributed by atoms with van der Waals surface area (Å²) in [7, 11) is 0. The van der Waals surface area contributed by atoms with Crippen LogP contribution in [0, 0.1) is 5.92 Å². The third-order valence-electron chi connectivity index (χ3n) is 3.98. The van der Waals surface area contributed by atoms with E-state index >= 15 is 0 Å². The topological polar surface area (TPSA) is 65.5 Å². The summed E-state index contributed by atoms with van der Waals surface area (Å²) >= 11 is 0. The number of aliphatic imine (C=N–C) groups is 1. The molecule has 0 saturated carbocycles. The molecule has 0 aromatic heterocycles. The first-order valence-electron chi connectivity index (χ1n) is 9.38. The summed E-state index contributed by atoms with van der Waals surface area (Å²) in [5.41, 5.74) is 1.77. The van der Waals surface area contributed by atoms with E-state index in [1.54, 1.807) is 0 Å². The van der Waals surface area contributed by atoms with Crippen LogP contribution in [0.4, 0.5) is 0 Å². The monoisotopic (exact) mass is 346 g/mol. The Bertz CT molecular complexity index is 537. The molecule has 25 heavy (non-hydrogen) atoms. The van der Waals surface area contributed by atoms with Crippen LogP contribution in [-0.4, -0.2) is 31.0 Å². The molecule has 0 aliphatic carbocycles. The molecule has 0 bridgehead atoms. The lowest BCUT2D eigenvalue weighted by atomic mass is 10.1. The minimum Gasteiger partial charge on any atom is -0.357 e. The van der Waals surface area contributed by atoms with E-state index in [1.807, 2.05) is 31.2 Å². The molecule has 1 atom stereocenters. The largest absolute Gasteiger partial charge is 0.357 e. The Balaban J connectivity index is 2.60. The van der Waals surface area contributed by atoms with Gasteiger partial charge in [-0.1, -0.05) is 32.9 Å². The Morgan fingerprint density at radius 2 is 1.76 bits per heavy atom. The summed E-state index contributed by atoms with van der Waals surface area (Å²) in [5, 5.41) is 9.59. The fourth-order valence-corrected chi connectivity index (χ4v) is 2.16. The molecule has 0 aliphatic heterocycles. The molecule has 3 N–H and O–H groups in total. The third kappa shape index (κ3) is 8.57. The van der Waals surface area contributed by atoms with Gasteiger partial charge in [-0.2, -0.15) is 0 Å². The highest BCUT2D eigenvalue weighted by Gasteiger charge is 2.08. The Morgan fingerprint density at radius 1 is 1.08 bits per heavy atom. The number of rotatable bonds is 9. The van der Waals surface area contributed by atoms with Gasteiger partial charge in [-0.3, -0.25) is 4.79 Å². The number of nitrogens with one attached hydrogen (secondary N) is 3. The number of guanidine groups is 1. The first kappa shape index (κ1) is 21.0. The van der Waals surface area contributed by atoms with Gasteiger partial charge in [0.05, 0.1) is 6.54 Å². The van der Waals surface area contributed by atoms with Crippen LogP contribution in [0.25, 0.3) is 0 Å². The summed E-state index contributed by atoms with van der Waals surface area (Å²) in [6.07, 6.45) is 2.04. The highest BCUT2D eigenvalue weighted by molar-refractivity contribution is 5.94. The van der Waals surface area contributed by atoms with Crippen molar-refractivity contribution in [1.82, 2.24) is 16.0 Å². The van der Waals surface area contributed by atoms with Crippen molar-refractivity contribution in [2.24, 2.45) is 10.9 Å². The van der Waals surface area contributed by atoms with Gasteiger partial charge in [-0.15, -0.1) is 0 Å². The highest BCUT2D eigenvalue weighted by Crippen LogP contribution is 2.06. The van der Waals surface area contributed by atoms with Gasteiger partial charge in [0.2, 0.25) is 0 Å². The summed E-state index contributed by atoms with van der Waals surface area (Å²) in [5.74, 6) is 1.49. The van der Waals surface area contributed by atoms with E-state index < -0.39 is 0 Å². The molecule has 0 radical (unpaired) electrons. The fraction of sp³-hybridized carbons (Fsp3) is 0.600. The third-order valence-corrected chi connectivity index (χ3v) is 3.98. The van der Waals surface area contributed by atoms with E-state index in [0.29, 0.717) is 18.0 Å². The lowest BCUT2D eigenvalue weighted by molar-refractivity contribution is 0.0939. The van der Waals surface area contributed by atoms with Crippen LogP contribution < -0.4 is 16.0 Å². The second-order valence-electron chi connectivity index (χ2n) is 6.78. The molecule has 0 heterocycles. The van der Waals surface area contributed by atoms with Crippen molar-refractivity contribution in [3.8, 4) is 0 Å². The summed E-state index contributed by atoms with van der Waals surface area (Å²) < 4.78 is 0. The number of hydrogen-bond acceptors (Lipinski definition) is 2. The molecule has 1 aromatic carbocycles. The average Bonchev–Trinajstić information content (AvgIpc) is 2.59. The lowest BCUT2D eigenvalue weighted by Crippen LogP contribution is -2.38. The highest BCUT2D eigenvalue weighted by atomic mass is 16.1. The molecule has 5 nitrogen and oxygen atoms in total. The van der Waals surface area contributed by atoms with Crippen LogP contribution in [-0.2, 0) is 6.54 Å². The van der Waals surface area contributed by atoms with Crippen molar-refractivity contribution in [3.63, 3.8) is 0 Å². The van der Waals surface area contributed by atoms with E-state index in [0.717, 1.165) is 37.5 Å². The normalized spacial score (nSPS) is 12.8. The van der Waals surface area contributed by atoms with Crippen LogP contribution in [0.15, 0.2) is 29.3 Å². The minimum atomic E-state index is -0.0203. The second kappa shape index (κ2) is 11.5. The Hall–Kier alpha value is -2.04. The quantitative estimate of drug-likeness (QED) is 0.475. The predicted octanol–water partition coefficient (Wildman–Crippen LogP) is 3.32. The lowest BCUT2D eigenvalue weighted by Gasteiger charge is -2.13. The zero-order valence-electron chi connectivity index (χ0n) is 16.4. The predicted molar refractivity (Wildman–Crippen MR) is 106 cm³/mol. The van der Waals surface area contributed by atoms with Crippen molar-refractivity contribution in [1.29, 1.82) is 0 Å². The van der Waals surface area contributed by atoms with Crippen LogP contribution in [0.5, 0.6) is 0 Å². The van der Waals surface area contributed by atoms with Gasteiger partial charge in [-0.05, 0) is 50.3 Å². The van der Waals surface area contributed by atoms with E-state index in [2.05, 4.69) is 48.6 Å². The molecular weight excluding hydrogens is 312 g/mol. The molecule has 0 fully saturated rings. The molecule has 1 aromatic rings. The number of carbonyl (C=O) groups excluding carboxylic acids is 1. The maximum absolute atomic E-state index is 12.1. The van der Waals surface area contributed by atoms with Crippen molar-refractivity contribution >= 4 is 11.9 Å². The maximum Gasteiger partial charge on any atom is 0.251 e. The molecule has 1 amide bonds. The van der Waals surface area contributed by atoms with E-state index in [9.17, 15) is 4.79 Å². The van der Waals surface area contributed by atoms with Crippen LogP contribution in [0.3, 0.4) is 0 Å². The van der Waals surface area contributed by atoms with Crippen LogP contribution in [0.1, 0.15) is 63.4 Å². The summed E-state index contributed by atoms with van der Waals surface area (Å²) in [6, 6.07) is 7.85. The smallest absolute Gasteiger partial charge is 0.251 e. The number of hydrogen-bond donors (Lipinski definition) is 3. The van der Waals surface area contributed by atoms with E-state index in [1.165, 1.54) is 0 Å². The standard InChI is InChI=1S/C20H34N4O/c1-6-16(5)24-19(25)18-10-8-17(9-11-18)14-23-20(21-7-2)22-13-12-15(3)4/h8-11,15-16H,6-7,12-14H2,1-5H3,(H,24,25)(H2,21,22,23). The fourth-order valence-electron chi connectivity index (χ4n) is 2.16.